The highest BCUT2D eigenvalue weighted by atomic mass is 32.2. The number of benzene rings is 1. The number of rotatable bonds is 7. The van der Waals surface area contributed by atoms with Crippen molar-refractivity contribution in [2.45, 2.75) is 23.8 Å². The molecule has 2 heterocycles. The van der Waals surface area contributed by atoms with Gasteiger partial charge in [0.2, 0.25) is 11.8 Å². The van der Waals surface area contributed by atoms with Crippen molar-refractivity contribution in [2.75, 3.05) is 26.4 Å². The topological polar surface area (TPSA) is 61.4 Å². The van der Waals surface area contributed by atoms with Crippen LogP contribution in [0.5, 0.6) is 0 Å². The van der Waals surface area contributed by atoms with Crippen LogP contribution in [0.15, 0.2) is 41.1 Å². The number of likely N-dealkylation sites (N-methyl/N-ethyl adjacent to an activating group) is 1. The van der Waals surface area contributed by atoms with E-state index in [1.54, 1.807) is 29.5 Å². The van der Waals surface area contributed by atoms with Crippen LogP contribution in [0.4, 0.5) is 4.39 Å². The first-order valence-corrected chi connectivity index (χ1v) is 11.1. The lowest BCUT2D eigenvalue weighted by Crippen LogP contribution is -2.55. The zero-order valence-electron chi connectivity index (χ0n) is 15.9. The lowest BCUT2D eigenvalue weighted by atomic mass is 10.1. The SMILES string of the molecule is CN(C)[C@H](CNC(=O)[C@@H]1CS[C@@H](Cc2ccccc2F)C(=O)N1)c1ccsc1. The predicted octanol–water partition coefficient (Wildman–Crippen LogP) is 2.45. The average Bonchev–Trinajstić information content (AvgIpc) is 3.19. The third-order valence-corrected chi connectivity index (χ3v) is 6.78. The van der Waals surface area contributed by atoms with Crippen LogP contribution in [0.3, 0.4) is 0 Å². The van der Waals surface area contributed by atoms with Gasteiger partial charge in [0.25, 0.3) is 0 Å². The molecule has 150 valence electrons. The van der Waals surface area contributed by atoms with Gasteiger partial charge >= 0.3 is 0 Å². The Labute approximate surface area is 172 Å². The monoisotopic (exact) mass is 421 g/mol. The van der Waals surface area contributed by atoms with Crippen LogP contribution in [0.2, 0.25) is 0 Å². The molecule has 2 N–H and O–H groups in total. The van der Waals surface area contributed by atoms with E-state index in [1.807, 2.05) is 25.5 Å². The molecule has 1 aromatic heterocycles. The van der Waals surface area contributed by atoms with Crippen molar-refractivity contribution in [1.29, 1.82) is 0 Å². The van der Waals surface area contributed by atoms with Gasteiger partial charge < -0.3 is 15.5 Å². The molecule has 5 nitrogen and oxygen atoms in total. The first kappa shape index (κ1) is 20.8. The summed E-state index contributed by atoms with van der Waals surface area (Å²) in [4.78, 5) is 27.0. The second-order valence-corrected chi connectivity index (χ2v) is 8.98. The molecule has 3 rings (SSSR count). The summed E-state index contributed by atoms with van der Waals surface area (Å²) in [5.74, 6) is -0.241. The fourth-order valence-corrected chi connectivity index (χ4v) is 5.02. The van der Waals surface area contributed by atoms with Gasteiger partial charge in [-0.25, -0.2) is 4.39 Å². The molecule has 2 aromatic rings. The van der Waals surface area contributed by atoms with Gasteiger partial charge in [0.05, 0.1) is 11.3 Å². The van der Waals surface area contributed by atoms with E-state index in [0.717, 1.165) is 5.56 Å². The molecular weight excluding hydrogens is 397 g/mol. The second-order valence-electron chi connectivity index (χ2n) is 6.96. The van der Waals surface area contributed by atoms with Crippen LogP contribution in [-0.2, 0) is 16.0 Å². The van der Waals surface area contributed by atoms with Gasteiger partial charge in [0.1, 0.15) is 11.9 Å². The normalized spacial score (nSPS) is 20.6. The number of halogens is 1. The second kappa shape index (κ2) is 9.54. The summed E-state index contributed by atoms with van der Waals surface area (Å²) in [7, 11) is 3.94. The van der Waals surface area contributed by atoms with Gasteiger partial charge in [-0.1, -0.05) is 18.2 Å². The van der Waals surface area contributed by atoms with E-state index < -0.39 is 6.04 Å². The number of nitrogens with zero attached hydrogens (tertiary/aromatic N) is 1. The summed E-state index contributed by atoms with van der Waals surface area (Å²) in [6.45, 7) is 0.470. The third kappa shape index (κ3) is 5.12. The van der Waals surface area contributed by atoms with Gasteiger partial charge in [-0.3, -0.25) is 9.59 Å². The van der Waals surface area contributed by atoms with Crippen molar-refractivity contribution in [1.82, 2.24) is 15.5 Å². The fraction of sp³-hybridized carbons (Fsp3) is 0.400. The minimum Gasteiger partial charge on any atom is -0.352 e. The number of carbonyl (C=O) groups excluding carboxylic acids is 2. The van der Waals surface area contributed by atoms with Crippen LogP contribution >= 0.6 is 23.1 Å². The van der Waals surface area contributed by atoms with E-state index in [2.05, 4.69) is 20.9 Å². The lowest BCUT2D eigenvalue weighted by molar-refractivity contribution is -0.128. The highest BCUT2D eigenvalue weighted by Gasteiger charge is 2.33. The molecule has 0 bridgehead atoms. The number of hydrogen-bond acceptors (Lipinski definition) is 5. The van der Waals surface area contributed by atoms with Crippen LogP contribution in [0.25, 0.3) is 0 Å². The molecule has 1 aliphatic heterocycles. The Balaban J connectivity index is 1.52. The Bertz CT molecular complexity index is 814. The molecule has 28 heavy (non-hydrogen) atoms. The van der Waals surface area contributed by atoms with Gasteiger partial charge in [0.15, 0.2) is 0 Å². The van der Waals surface area contributed by atoms with Gasteiger partial charge in [-0.15, -0.1) is 11.8 Å². The summed E-state index contributed by atoms with van der Waals surface area (Å²) in [5, 5.41) is 9.44. The Kier molecular flexibility index (Phi) is 7.09. The van der Waals surface area contributed by atoms with E-state index in [-0.39, 0.29) is 28.9 Å². The van der Waals surface area contributed by atoms with Gasteiger partial charge in [-0.05, 0) is 54.5 Å². The van der Waals surface area contributed by atoms with Crippen LogP contribution < -0.4 is 10.6 Å². The first-order chi connectivity index (χ1) is 13.5. The Hall–Kier alpha value is -1.90. The molecule has 2 amide bonds. The zero-order chi connectivity index (χ0) is 20.1. The number of hydrogen-bond donors (Lipinski definition) is 2. The Morgan fingerprint density at radius 2 is 2.14 bits per heavy atom. The Morgan fingerprint density at radius 3 is 2.79 bits per heavy atom. The highest BCUT2D eigenvalue weighted by Crippen LogP contribution is 2.24. The maximum atomic E-state index is 13.8. The lowest BCUT2D eigenvalue weighted by Gasteiger charge is -2.29. The third-order valence-electron chi connectivity index (χ3n) is 4.77. The van der Waals surface area contributed by atoms with E-state index in [0.29, 0.717) is 24.3 Å². The standard InChI is InChI=1S/C20H24FN3O2S2/c1-24(2)17(14-7-8-27-11-14)10-22-19(25)16-12-28-18(20(26)23-16)9-13-5-3-4-6-15(13)21/h3-8,11,16-18H,9-10,12H2,1-2H3,(H,22,25)(H,23,26)/t16-,17+,18-/m0/s1. The number of thioether (sulfide) groups is 1. The van der Waals surface area contributed by atoms with Crippen LogP contribution in [-0.4, -0.2) is 54.4 Å². The van der Waals surface area contributed by atoms with E-state index in [1.165, 1.54) is 17.8 Å². The number of thiophene rings is 1. The summed E-state index contributed by atoms with van der Waals surface area (Å²) >= 11 is 3.02. The van der Waals surface area contributed by atoms with E-state index in [4.69, 9.17) is 0 Å². The van der Waals surface area contributed by atoms with Crippen molar-refractivity contribution >= 4 is 34.9 Å². The summed E-state index contributed by atoms with van der Waals surface area (Å²) in [6, 6.07) is 8.03. The summed E-state index contributed by atoms with van der Waals surface area (Å²) in [5.41, 5.74) is 1.67. The molecule has 0 spiro atoms. The van der Waals surface area contributed by atoms with E-state index >= 15 is 0 Å². The van der Waals surface area contributed by atoms with Crippen molar-refractivity contribution in [2.24, 2.45) is 0 Å². The fourth-order valence-electron chi connectivity index (χ4n) is 3.13. The quantitative estimate of drug-likeness (QED) is 0.721. The molecule has 0 radical (unpaired) electrons. The van der Waals surface area contributed by atoms with Crippen molar-refractivity contribution in [3.8, 4) is 0 Å². The minimum atomic E-state index is -0.570. The van der Waals surface area contributed by atoms with Crippen LogP contribution in [0.1, 0.15) is 17.2 Å². The average molecular weight is 422 g/mol. The smallest absolute Gasteiger partial charge is 0.243 e. The molecule has 0 saturated carbocycles. The molecule has 1 aromatic carbocycles. The Morgan fingerprint density at radius 1 is 1.36 bits per heavy atom. The molecular formula is C20H24FN3O2S2. The predicted molar refractivity (Wildman–Crippen MR) is 112 cm³/mol. The van der Waals surface area contributed by atoms with Crippen molar-refractivity contribution in [3.63, 3.8) is 0 Å². The molecule has 3 atom stereocenters. The summed E-state index contributed by atoms with van der Waals surface area (Å²) < 4.78 is 13.8. The first-order valence-electron chi connectivity index (χ1n) is 9.07. The van der Waals surface area contributed by atoms with Gasteiger partial charge in [0, 0.05) is 12.3 Å². The summed E-state index contributed by atoms with van der Waals surface area (Å²) in [6.07, 6.45) is 0.318. The van der Waals surface area contributed by atoms with Crippen molar-refractivity contribution in [3.05, 3.63) is 58.0 Å². The molecule has 1 fully saturated rings. The maximum absolute atomic E-state index is 13.8. The molecule has 8 heteroatoms. The molecule has 0 unspecified atom stereocenters. The number of nitrogens with one attached hydrogen (secondary N) is 2. The molecule has 0 aliphatic carbocycles. The highest BCUT2D eigenvalue weighted by molar-refractivity contribution is 8.00. The zero-order valence-corrected chi connectivity index (χ0v) is 17.5. The number of amides is 2. The van der Waals surface area contributed by atoms with E-state index in [9.17, 15) is 14.0 Å². The maximum Gasteiger partial charge on any atom is 0.243 e. The largest absolute Gasteiger partial charge is 0.352 e. The molecule has 1 saturated heterocycles. The van der Waals surface area contributed by atoms with Gasteiger partial charge in [-0.2, -0.15) is 11.3 Å². The van der Waals surface area contributed by atoms with Crippen molar-refractivity contribution < 1.29 is 14.0 Å². The van der Waals surface area contributed by atoms with Crippen LogP contribution in [0, 0.1) is 5.82 Å². The number of carbonyl (C=O) groups is 2. The minimum absolute atomic E-state index is 0.0796. The molecule has 1 aliphatic rings.